The molecule has 0 spiro atoms. The first kappa shape index (κ1) is 30.2. The van der Waals surface area contributed by atoms with Crippen LogP contribution in [-0.2, 0) is 15.8 Å². The van der Waals surface area contributed by atoms with Gasteiger partial charge in [-0.15, -0.1) is 0 Å². The van der Waals surface area contributed by atoms with Gasteiger partial charge in [0.2, 0.25) is 0 Å². The zero-order chi connectivity index (χ0) is 28.6. The molecule has 39 heavy (non-hydrogen) atoms. The summed E-state index contributed by atoms with van der Waals surface area (Å²) in [5.41, 5.74) is -1.42. The fraction of sp³-hybridized carbons (Fsp3) is 0.571. The summed E-state index contributed by atoms with van der Waals surface area (Å²) < 4.78 is 40.1. The molecule has 0 saturated carbocycles. The van der Waals surface area contributed by atoms with Crippen LogP contribution >= 0.6 is 0 Å². The third-order valence-electron chi connectivity index (χ3n) is 7.24. The Balaban J connectivity index is 1.46. The minimum absolute atomic E-state index is 0.0212. The SMILES string of the molecule is CCCCCCNC(=O)N1CCN(CCCCC2=C(C)C(=O)N(c3ccc(C#N)c(C(F)(F)F)c3)C2=O)CC1. The van der Waals surface area contributed by atoms with Crippen molar-refractivity contribution < 1.29 is 27.6 Å². The number of amides is 4. The van der Waals surface area contributed by atoms with E-state index < -0.39 is 29.1 Å². The van der Waals surface area contributed by atoms with E-state index in [1.807, 2.05) is 4.90 Å². The van der Waals surface area contributed by atoms with Crippen molar-refractivity contribution in [3.05, 3.63) is 40.5 Å². The standard InChI is InChI=1S/C28H36F3N5O3/c1-3-4-5-7-12-33-27(39)35-16-14-34(15-17-35)13-8-6-9-23-20(2)25(37)36(26(23)38)22-11-10-21(19-32)24(18-22)28(29,30)31/h10-11,18H,3-9,12-17H2,1-2H3,(H,33,39). The summed E-state index contributed by atoms with van der Waals surface area (Å²) in [4.78, 5) is 43.0. The molecule has 8 nitrogen and oxygen atoms in total. The van der Waals surface area contributed by atoms with Crippen LogP contribution in [0.3, 0.4) is 0 Å². The lowest BCUT2D eigenvalue weighted by Crippen LogP contribution is -2.52. The lowest BCUT2D eigenvalue weighted by atomic mass is 10.0. The summed E-state index contributed by atoms with van der Waals surface area (Å²) in [6, 6.07) is 4.32. The maximum absolute atomic E-state index is 13.4. The Hall–Kier alpha value is -3.39. The molecule has 0 aliphatic carbocycles. The van der Waals surface area contributed by atoms with E-state index in [4.69, 9.17) is 5.26 Å². The molecule has 1 aromatic rings. The number of piperazine rings is 1. The summed E-state index contributed by atoms with van der Waals surface area (Å²) in [6.45, 7) is 7.97. The second-order valence-corrected chi connectivity index (χ2v) is 9.97. The van der Waals surface area contributed by atoms with Crippen molar-refractivity contribution in [2.75, 3.05) is 44.2 Å². The monoisotopic (exact) mass is 547 g/mol. The molecular formula is C28H36F3N5O3. The normalized spacial score (nSPS) is 16.7. The number of unbranched alkanes of at least 4 members (excludes halogenated alkanes) is 4. The number of benzene rings is 1. The molecule has 11 heteroatoms. The molecule has 3 rings (SSSR count). The van der Waals surface area contributed by atoms with Gasteiger partial charge in [0, 0.05) is 43.9 Å². The quantitative estimate of drug-likeness (QED) is 0.316. The highest BCUT2D eigenvalue weighted by molar-refractivity contribution is 6.32. The molecule has 1 saturated heterocycles. The molecule has 1 aromatic carbocycles. The number of hydrogen-bond donors (Lipinski definition) is 1. The number of hydrogen-bond acceptors (Lipinski definition) is 5. The van der Waals surface area contributed by atoms with Gasteiger partial charge in [0.05, 0.1) is 22.9 Å². The summed E-state index contributed by atoms with van der Waals surface area (Å²) in [5.74, 6) is -1.27. The van der Waals surface area contributed by atoms with Gasteiger partial charge >= 0.3 is 12.2 Å². The fourth-order valence-electron chi connectivity index (χ4n) is 4.89. The maximum atomic E-state index is 13.4. The van der Waals surface area contributed by atoms with E-state index in [2.05, 4.69) is 17.1 Å². The molecule has 2 aliphatic heterocycles. The van der Waals surface area contributed by atoms with Crippen LogP contribution in [0, 0.1) is 11.3 Å². The van der Waals surface area contributed by atoms with E-state index in [-0.39, 0.29) is 17.3 Å². The first-order chi connectivity index (χ1) is 18.6. The molecule has 0 radical (unpaired) electrons. The predicted molar refractivity (Wildman–Crippen MR) is 141 cm³/mol. The van der Waals surface area contributed by atoms with E-state index in [0.29, 0.717) is 44.1 Å². The van der Waals surface area contributed by atoms with Crippen molar-refractivity contribution in [3.63, 3.8) is 0 Å². The molecule has 0 bridgehead atoms. The Morgan fingerprint density at radius 3 is 2.38 bits per heavy atom. The van der Waals surface area contributed by atoms with Crippen molar-refractivity contribution in [1.29, 1.82) is 5.26 Å². The maximum Gasteiger partial charge on any atom is 0.417 e. The summed E-state index contributed by atoms with van der Waals surface area (Å²) in [7, 11) is 0. The smallest absolute Gasteiger partial charge is 0.338 e. The van der Waals surface area contributed by atoms with Crippen molar-refractivity contribution in [2.24, 2.45) is 0 Å². The third-order valence-corrected chi connectivity index (χ3v) is 7.24. The fourth-order valence-corrected chi connectivity index (χ4v) is 4.89. The number of nitriles is 1. The van der Waals surface area contributed by atoms with Gasteiger partial charge in [-0.3, -0.25) is 14.5 Å². The Morgan fingerprint density at radius 1 is 1.03 bits per heavy atom. The van der Waals surface area contributed by atoms with Gasteiger partial charge in [-0.2, -0.15) is 18.4 Å². The van der Waals surface area contributed by atoms with Crippen LogP contribution < -0.4 is 10.2 Å². The van der Waals surface area contributed by atoms with Crippen LogP contribution in [0.15, 0.2) is 29.3 Å². The number of nitrogens with zero attached hydrogens (tertiary/aromatic N) is 4. The second-order valence-electron chi connectivity index (χ2n) is 9.97. The van der Waals surface area contributed by atoms with Crippen molar-refractivity contribution in [1.82, 2.24) is 15.1 Å². The average molecular weight is 548 g/mol. The molecule has 2 aliphatic rings. The summed E-state index contributed by atoms with van der Waals surface area (Å²) in [5, 5.41) is 12.0. The Kier molecular flexibility index (Phi) is 10.5. The molecule has 0 atom stereocenters. The van der Waals surface area contributed by atoms with Crippen molar-refractivity contribution in [3.8, 4) is 6.07 Å². The average Bonchev–Trinajstić information content (AvgIpc) is 3.13. The number of alkyl halides is 3. The van der Waals surface area contributed by atoms with Gasteiger partial charge in [0.15, 0.2) is 0 Å². The number of carbonyl (C=O) groups excluding carboxylic acids is 3. The first-order valence-corrected chi connectivity index (χ1v) is 13.5. The number of imide groups is 1. The number of halogens is 3. The van der Waals surface area contributed by atoms with Gasteiger partial charge in [-0.1, -0.05) is 26.2 Å². The van der Waals surface area contributed by atoms with E-state index >= 15 is 0 Å². The van der Waals surface area contributed by atoms with Crippen LogP contribution in [-0.4, -0.2) is 66.9 Å². The summed E-state index contributed by atoms with van der Waals surface area (Å²) >= 11 is 0. The van der Waals surface area contributed by atoms with Gasteiger partial charge in [0.1, 0.15) is 0 Å². The number of nitrogens with one attached hydrogen (secondary N) is 1. The Bertz CT molecular complexity index is 1130. The van der Waals surface area contributed by atoms with Gasteiger partial charge in [0.25, 0.3) is 11.8 Å². The lowest BCUT2D eigenvalue weighted by molar-refractivity contribution is -0.138. The minimum atomic E-state index is -4.79. The topological polar surface area (TPSA) is 96.8 Å². The largest absolute Gasteiger partial charge is 0.417 e. The molecule has 1 fully saturated rings. The van der Waals surface area contributed by atoms with E-state index in [9.17, 15) is 27.6 Å². The van der Waals surface area contributed by atoms with E-state index in [1.54, 1.807) is 0 Å². The molecule has 0 unspecified atom stereocenters. The molecule has 4 amide bonds. The highest BCUT2D eigenvalue weighted by Crippen LogP contribution is 2.36. The highest BCUT2D eigenvalue weighted by atomic mass is 19.4. The van der Waals surface area contributed by atoms with Gasteiger partial charge in [-0.05, 0) is 57.4 Å². The third kappa shape index (κ3) is 7.60. The first-order valence-electron chi connectivity index (χ1n) is 13.5. The van der Waals surface area contributed by atoms with Crippen molar-refractivity contribution >= 4 is 23.5 Å². The van der Waals surface area contributed by atoms with Crippen LogP contribution in [0.2, 0.25) is 0 Å². The van der Waals surface area contributed by atoms with Crippen molar-refractivity contribution in [2.45, 2.75) is 65.0 Å². The van der Waals surface area contributed by atoms with Crippen LogP contribution in [0.4, 0.5) is 23.7 Å². The van der Waals surface area contributed by atoms with E-state index in [1.165, 1.54) is 25.5 Å². The number of rotatable bonds is 11. The minimum Gasteiger partial charge on any atom is -0.338 e. The molecular weight excluding hydrogens is 511 g/mol. The van der Waals surface area contributed by atoms with E-state index in [0.717, 1.165) is 56.3 Å². The molecule has 1 N–H and O–H groups in total. The summed E-state index contributed by atoms with van der Waals surface area (Å²) in [6.07, 6.45) is 1.41. The van der Waals surface area contributed by atoms with Crippen LogP contribution in [0.5, 0.6) is 0 Å². The zero-order valence-corrected chi connectivity index (χ0v) is 22.6. The van der Waals surface area contributed by atoms with Gasteiger partial charge in [-0.25, -0.2) is 9.69 Å². The second kappa shape index (κ2) is 13.6. The number of anilines is 1. The Morgan fingerprint density at radius 2 is 1.74 bits per heavy atom. The predicted octanol–water partition coefficient (Wildman–Crippen LogP) is 4.84. The highest BCUT2D eigenvalue weighted by Gasteiger charge is 2.39. The molecule has 212 valence electrons. The molecule has 2 heterocycles. The molecule has 0 aromatic heterocycles. The zero-order valence-electron chi connectivity index (χ0n) is 22.6. The van der Waals surface area contributed by atoms with Gasteiger partial charge < -0.3 is 10.2 Å². The number of carbonyl (C=O) groups is 3. The van der Waals surface area contributed by atoms with Crippen LogP contribution in [0.25, 0.3) is 0 Å². The van der Waals surface area contributed by atoms with Crippen LogP contribution in [0.1, 0.15) is 69.9 Å². The number of urea groups is 1. The lowest BCUT2D eigenvalue weighted by Gasteiger charge is -2.34. The Labute approximate surface area is 227 Å².